The smallest absolute Gasteiger partial charge is 0.175 e. The van der Waals surface area contributed by atoms with Crippen LogP contribution in [0.4, 0.5) is 0 Å². The first-order valence-electron chi connectivity index (χ1n) is 6.97. The molecule has 0 aliphatic rings. The molecule has 0 saturated carbocycles. The van der Waals surface area contributed by atoms with Gasteiger partial charge in [0.25, 0.3) is 0 Å². The van der Waals surface area contributed by atoms with Gasteiger partial charge in [-0.2, -0.15) is 0 Å². The van der Waals surface area contributed by atoms with Crippen molar-refractivity contribution in [1.29, 1.82) is 0 Å². The van der Waals surface area contributed by atoms with Crippen molar-refractivity contribution in [3.05, 3.63) is 46.3 Å². The van der Waals surface area contributed by atoms with Crippen molar-refractivity contribution in [2.75, 3.05) is 13.7 Å². The zero-order valence-corrected chi connectivity index (χ0v) is 13.9. The Morgan fingerprint density at radius 3 is 2.81 bits per heavy atom. The topological polar surface area (TPSA) is 43.6 Å². The second-order valence-corrected chi connectivity index (χ2v) is 5.49. The van der Waals surface area contributed by atoms with Crippen molar-refractivity contribution < 1.29 is 13.9 Å². The first-order valence-corrected chi connectivity index (χ1v) is 7.76. The SMILES string of the molecule is CCCOc1c(Br)cc(CNCc2ccco2)cc1OC. The average molecular weight is 354 g/mol. The molecule has 114 valence electrons. The Hall–Kier alpha value is -1.46. The molecule has 0 fully saturated rings. The van der Waals surface area contributed by atoms with Crippen LogP contribution in [0.15, 0.2) is 39.4 Å². The third-order valence-corrected chi connectivity index (χ3v) is 3.54. The van der Waals surface area contributed by atoms with E-state index in [1.807, 2.05) is 24.3 Å². The maximum Gasteiger partial charge on any atom is 0.175 e. The summed E-state index contributed by atoms with van der Waals surface area (Å²) < 4.78 is 17.3. The fourth-order valence-corrected chi connectivity index (χ4v) is 2.57. The van der Waals surface area contributed by atoms with E-state index in [2.05, 4.69) is 28.2 Å². The third-order valence-electron chi connectivity index (χ3n) is 2.95. The Morgan fingerprint density at radius 2 is 2.14 bits per heavy atom. The predicted octanol–water partition coefficient (Wildman–Crippen LogP) is 4.13. The minimum Gasteiger partial charge on any atom is -0.493 e. The molecule has 0 bridgehead atoms. The molecular weight excluding hydrogens is 334 g/mol. The van der Waals surface area contributed by atoms with Gasteiger partial charge in [0, 0.05) is 6.54 Å². The fraction of sp³-hybridized carbons (Fsp3) is 0.375. The number of methoxy groups -OCH3 is 1. The molecule has 0 spiro atoms. The first-order chi connectivity index (χ1) is 10.2. The number of hydrogen-bond acceptors (Lipinski definition) is 4. The molecule has 1 heterocycles. The van der Waals surface area contributed by atoms with E-state index in [9.17, 15) is 0 Å². The molecule has 2 rings (SSSR count). The van der Waals surface area contributed by atoms with Gasteiger partial charge in [-0.1, -0.05) is 6.92 Å². The minimum atomic E-state index is 0.672. The summed E-state index contributed by atoms with van der Waals surface area (Å²) in [5.41, 5.74) is 1.12. The molecule has 5 heteroatoms. The van der Waals surface area contributed by atoms with Crippen molar-refractivity contribution in [3.8, 4) is 11.5 Å². The molecule has 0 aliphatic carbocycles. The van der Waals surface area contributed by atoms with E-state index in [-0.39, 0.29) is 0 Å². The summed E-state index contributed by atoms with van der Waals surface area (Å²) >= 11 is 3.55. The van der Waals surface area contributed by atoms with E-state index in [1.54, 1.807) is 13.4 Å². The molecule has 2 aromatic rings. The largest absolute Gasteiger partial charge is 0.493 e. The quantitative estimate of drug-likeness (QED) is 0.774. The van der Waals surface area contributed by atoms with Gasteiger partial charge in [0.1, 0.15) is 5.76 Å². The van der Waals surface area contributed by atoms with Crippen molar-refractivity contribution in [3.63, 3.8) is 0 Å². The van der Waals surface area contributed by atoms with Gasteiger partial charge >= 0.3 is 0 Å². The lowest BCUT2D eigenvalue weighted by atomic mass is 10.2. The van der Waals surface area contributed by atoms with Gasteiger partial charge < -0.3 is 19.2 Å². The molecule has 4 nitrogen and oxygen atoms in total. The van der Waals surface area contributed by atoms with Gasteiger partial charge in [-0.25, -0.2) is 0 Å². The van der Waals surface area contributed by atoms with Crippen LogP contribution in [-0.4, -0.2) is 13.7 Å². The zero-order valence-electron chi connectivity index (χ0n) is 12.3. The summed E-state index contributed by atoms with van der Waals surface area (Å²) in [7, 11) is 1.65. The van der Waals surface area contributed by atoms with Crippen LogP contribution in [0.2, 0.25) is 0 Å². The Morgan fingerprint density at radius 1 is 1.29 bits per heavy atom. The molecule has 0 radical (unpaired) electrons. The lowest BCUT2D eigenvalue weighted by Gasteiger charge is -2.14. The number of furan rings is 1. The van der Waals surface area contributed by atoms with Crippen LogP contribution in [0.5, 0.6) is 11.5 Å². The van der Waals surface area contributed by atoms with Crippen LogP contribution >= 0.6 is 15.9 Å². The van der Waals surface area contributed by atoms with Crippen molar-refractivity contribution in [2.24, 2.45) is 0 Å². The molecule has 1 N–H and O–H groups in total. The van der Waals surface area contributed by atoms with Crippen LogP contribution in [0.3, 0.4) is 0 Å². The number of rotatable bonds is 8. The summed E-state index contributed by atoms with van der Waals surface area (Å²) in [5, 5.41) is 3.33. The molecule has 1 aromatic carbocycles. The highest BCUT2D eigenvalue weighted by atomic mass is 79.9. The highest BCUT2D eigenvalue weighted by Gasteiger charge is 2.11. The molecule has 0 unspecified atom stereocenters. The molecule has 1 aromatic heterocycles. The van der Waals surface area contributed by atoms with Crippen LogP contribution in [0.1, 0.15) is 24.7 Å². The molecule has 0 aliphatic heterocycles. The third kappa shape index (κ3) is 4.51. The zero-order chi connectivity index (χ0) is 15.1. The molecule has 0 atom stereocenters. The second kappa shape index (κ2) is 8.10. The number of benzene rings is 1. The lowest BCUT2D eigenvalue weighted by molar-refractivity contribution is 0.292. The maximum absolute atomic E-state index is 5.72. The Labute approximate surface area is 133 Å². The van der Waals surface area contributed by atoms with Gasteiger partial charge in [-0.05, 0) is 52.2 Å². The van der Waals surface area contributed by atoms with Gasteiger partial charge in [-0.3, -0.25) is 0 Å². The number of ether oxygens (including phenoxy) is 2. The summed E-state index contributed by atoms with van der Waals surface area (Å²) in [6.07, 6.45) is 2.64. The van der Waals surface area contributed by atoms with E-state index in [4.69, 9.17) is 13.9 Å². The molecular formula is C16H20BrNO3. The highest BCUT2D eigenvalue weighted by Crippen LogP contribution is 2.36. The normalized spacial score (nSPS) is 10.6. The minimum absolute atomic E-state index is 0.672. The van der Waals surface area contributed by atoms with Crippen LogP contribution in [0.25, 0.3) is 0 Å². The van der Waals surface area contributed by atoms with Crippen LogP contribution < -0.4 is 14.8 Å². The van der Waals surface area contributed by atoms with Crippen molar-refractivity contribution in [1.82, 2.24) is 5.32 Å². The molecule has 0 saturated heterocycles. The predicted molar refractivity (Wildman–Crippen MR) is 85.7 cm³/mol. The van der Waals surface area contributed by atoms with E-state index in [1.165, 1.54) is 0 Å². The van der Waals surface area contributed by atoms with E-state index < -0.39 is 0 Å². The highest BCUT2D eigenvalue weighted by molar-refractivity contribution is 9.10. The van der Waals surface area contributed by atoms with E-state index >= 15 is 0 Å². The number of nitrogens with one attached hydrogen (secondary N) is 1. The van der Waals surface area contributed by atoms with Gasteiger partial charge in [-0.15, -0.1) is 0 Å². The summed E-state index contributed by atoms with van der Waals surface area (Å²) in [5.74, 6) is 2.42. The van der Waals surface area contributed by atoms with Gasteiger partial charge in [0.05, 0.1) is 31.0 Å². The Bertz CT molecular complexity index is 555. The van der Waals surface area contributed by atoms with Gasteiger partial charge in [0.15, 0.2) is 11.5 Å². The summed E-state index contributed by atoms with van der Waals surface area (Å²) in [4.78, 5) is 0. The van der Waals surface area contributed by atoms with E-state index in [0.717, 1.165) is 40.3 Å². The van der Waals surface area contributed by atoms with Crippen LogP contribution in [0, 0.1) is 0 Å². The monoisotopic (exact) mass is 353 g/mol. The first kappa shape index (κ1) is 15.9. The standard InChI is InChI=1S/C16H20BrNO3/c1-3-6-21-16-14(17)8-12(9-15(16)19-2)10-18-11-13-5-4-7-20-13/h4-5,7-9,18H,3,6,10-11H2,1-2H3. The summed E-state index contributed by atoms with van der Waals surface area (Å²) in [6, 6.07) is 7.87. The molecule has 21 heavy (non-hydrogen) atoms. The van der Waals surface area contributed by atoms with E-state index in [0.29, 0.717) is 13.2 Å². The maximum atomic E-state index is 5.72. The second-order valence-electron chi connectivity index (χ2n) is 4.64. The lowest BCUT2D eigenvalue weighted by Crippen LogP contribution is -2.12. The van der Waals surface area contributed by atoms with Crippen LogP contribution in [-0.2, 0) is 13.1 Å². The number of halogens is 1. The van der Waals surface area contributed by atoms with Crippen molar-refractivity contribution >= 4 is 15.9 Å². The van der Waals surface area contributed by atoms with Crippen molar-refractivity contribution in [2.45, 2.75) is 26.4 Å². The Kier molecular flexibility index (Phi) is 6.14. The Balaban J connectivity index is 2.01. The van der Waals surface area contributed by atoms with Gasteiger partial charge in [0.2, 0.25) is 0 Å². The fourth-order valence-electron chi connectivity index (χ4n) is 1.96. The summed E-state index contributed by atoms with van der Waals surface area (Å²) in [6.45, 7) is 4.17. The molecule has 0 amide bonds. The average Bonchev–Trinajstić information content (AvgIpc) is 2.99. The number of hydrogen-bond donors (Lipinski definition) is 1.